The van der Waals surface area contributed by atoms with Gasteiger partial charge in [-0.2, -0.15) is 0 Å². The minimum atomic E-state index is -1.13. The molecule has 20 heavy (non-hydrogen) atoms. The molecule has 1 rings (SSSR count). The molecule has 2 N–H and O–H groups in total. The fourth-order valence-corrected chi connectivity index (χ4v) is 1.62. The molecule has 5 nitrogen and oxygen atoms in total. The third-order valence-corrected chi connectivity index (χ3v) is 2.77. The summed E-state index contributed by atoms with van der Waals surface area (Å²) in [6.07, 6.45) is -0.801. The largest absolute Gasteiger partial charge is 0.480 e. The fraction of sp³-hybridized carbons (Fsp3) is 0.429. The maximum absolute atomic E-state index is 11.8. The highest BCUT2D eigenvalue weighted by Gasteiger charge is 2.19. The lowest BCUT2D eigenvalue weighted by atomic mass is 10.2. The molecule has 0 bridgehead atoms. The lowest BCUT2D eigenvalue weighted by Crippen LogP contribution is -2.38. The Morgan fingerprint density at radius 1 is 1.35 bits per heavy atom. The number of rotatable bonds is 6. The standard InChI is InChI=1S/C14H18ClNO4/c1-8(2)7-16-13(17)9(3)20-12-6-10(15)4-5-11(12)14(18)19/h4-6,8-9H,7H2,1-3H3,(H,16,17)(H,18,19). The van der Waals surface area contributed by atoms with Crippen LogP contribution in [0.1, 0.15) is 31.1 Å². The van der Waals surface area contributed by atoms with Crippen molar-refractivity contribution in [1.29, 1.82) is 0 Å². The summed E-state index contributed by atoms with van der Waals surface area (Å²) in [6.45, 7) is 6.05. The third-order valence-electron chi connectivity index (χ3n) is 2.53. The molecule has 0 heterocycles. The smallest absolute Gasteiger partial charge is 0.339 e. The summed E-state index contributed by atoms with van der Waals surface area (Å²) in [5, 5.41) is 12.1. The van der Waals surface area contributed by atoms with Crippen LogP contribution in [0.2, 0.25) is 5.02 Å². The Morgan fingerprint density at radius 3 is 2.55 bits per heavy atom. The number of amides is 1. The second kappa shape index (κ2) is 7.14. The van der Waals surface area contributed by atoms with Crippen molar-refractivity contribution < 1.29 is 19.4 Å². The Labute approximate surface area is 122 Å². The molecule has 0 aromatic heterocycles. The molecule has 6 heteroatoms. The Morgan fingerprint density at radius 2 is 2.00 bits per heavy atom. The number of carbonyl (C=O) groups is 2. The van der Waals surface area contributed by atoms with Crippen molar-refractivity contribution in [3.8, 4) is 5.75 Å². The normalized spacial score (nSPS) is 12.1. The molecule has 1 aromatic carbocycles. The second-order valence-corrected chi connectivity index (χ2v) is 5.28. The third kappa shape index (κ3) is 4.74. The van der Waals surface area contributed by atoms with Crippen LogP contribution in [0.4, 0.5) is 0 Å². The van der Waals surface area contributed by atoms with E-state index in [4.69, 9.17) is 21.4 Å². The van der Waals surface area contributed by atoms with E-state index in [0.717, 1.165) is 0 Å². The van der Waals surface area contributed by atoms with E-state index in [1.54, 1.807) is 6.92 Å². The quantitative estimate of drug-likeness (QED) is 0.846. The molecule has 1 atom stereocenters. The van der Waals surface area contributed by atoms with Gasteiger partial charge in [0.25, 0.3) is 5.91 Å². The van der Waals surface area contributed by atoms with Gasteiger partial charge >= 0.3 is 5.97 Å². The summed E-state index contributed by atoms with van der Waals surface area (Å²) < 4.78 is 5.40. The molecule has 0 fully saturated rings. The summed E-state index contributed by atoms with van der Waals surface area (Å²) in [5.41, 5.74) is -0.0297. The van der Waals surface area contributed by atoms with E-state index in [1.807, 2.05) is 13.8 Å². The van der Waals surface area contributed by atoms with Crippen molar-refractivity contribution in [2.24, 2.45) is 5.92 Å². The molecule has 0 aliphatic rings. The molecule has 110 valence electrons. The summed E-state index contributed by atoms with van der Waals surface area (Å²) >= 11 is 5.81. The average molecular weight is 300 g/mol. The van der Waals surface area contributed by atoms with E-state index in [-0.39, 0.29) is 17.2 Å². The highest BCUT2D eigenvalue weighted by molar-refractivity contribution is 6.30. The predicted molar refractivity (Wildman–Crippen MR) is 76.3 cm³/mol. The number of aromatic carboxylic acids is 1. The van der Waals surface area contributed by atoms with Gasteiger partial charge in [0.1, 0.15) is 11.3 Å². The predicted octanol–water partition coefficient (Wildman–Crippen LogP) is 2.58. The van der Waals surface area contributed by atoms with Gasteiger partial charge in [-0.1, -0.05) is 25.4 Å². The van der Waals surface area contributed by atoms with Gasteiger partial charge in [0, 0.05) is 11.6 Å². The molecule has 0 saturated heterocycles. The average Bonchev–Trinajstić information content (AvgIpc) is 2.35. The van der Waals surface area contributed by atoms with Crippen molar-refractivity contribution in [3.63, 3.8) is 0 Å². The van der Waals surface area contributed by atoms with Crippen LogP contribution in [-0.4, -0.2) is 29.6 Å². The number of hydrogen-bond acceptors (Lipinski definition) is 3. The van der Waals surface area contributed by atoms with Crippen molar-refractivity contribution in [3.05, 3.63) is 28.8 Å². The van der Waals surface area contributed by atoms with E-state index in [1.165, 1.54) is 18.2 Å². The molecule has 0 aliphatic heterocycles. The lowest BCUT2D eigenvalue weighted by molar-refractivity contribution is -0.127. The zero-order valence-corrected chi connectivity index (χ0v) is 12.4. The molecule has 0 spiro atoms. The molecular formula is C14H18ClNO4. The van der Waals surface area contributed by atoms with E-state index >= 15 is 0 Å². The van der Waals surface area contributed by atoms with Crippen LogP contribution >= 0.6 is 11.6 Å². The summed E-state index contributed by atoms with van der Waals surface area (Å²) in [7, 11) is 0. The molecule has 1 aromatic rings. The zero-order chi connectivity index (χ0) is 15.3. The first-order valence-corrected chi connectivity index (χ1v) is 6.66. The van der Waals surface area contributed by atoms with E-state index in [2.05, 4.69) is 5.32 Å². The molecule has 0 radical (unpaired) electrons. The van der Waals surface area contributed by atoms with Crippen molar-refractivity contribution >= 4 is 23.5 Å². The maximum Gasteiger partial charge on any atom is 0.339 e. The van der Waals surface area contributed by atoms with Gasteiger partial charge in [0.15, 0.2) is 6.10 Å². The summed E-state index contributed by atoms with van der Waals surface area (Å²) in [6, 6.07) is 4.19. The number of nitrogens with one attached hydrogen (secondary N) is 1. The van der Waals surface area contributed by atoms with Gasteiger partial charge in [0.2, 0.25) is 0 Å². The number of halogens is 1. The lowest BCUT2D eigenvalue weighted by Gasteiger charge is -2.17. The topological polar surface area (TPSA) is 75.6 Å². The minimum Gasteiger partial charge on any atom is -0.480 e. The van der Waals surface area contributed by atoms with Crippen LogP contribution in [0.25, 0.3) is 0 Å². The van der Waals surface area contributed by atoms with Gasteiger partial charge in [0.05, 0.1) is 0 Å². The molecular weight excluding hydrogens is 282 g/mol. The SMILES string of the molecule is CC(C)CNC(=O)C(C)Oc1cc(Cl)ccc1C(=O)O. The van der Waals surface area contributed by atoms with Crippen LogP contribution in [-0.2, 0) is 4.79 Å². The van der Waals surface area contributed by atoms with Crippen LogP contribution in [0.3, 0.4) is 0 Å². The van der Waals surface area contributed by atoms with E-state index in [0.29, 0.717) is 17.5 Å². The van der Waals surface area contributed by atoms with Crippen molar-refractivity contribution in [1.82, 2.24) is 5.32 Å². The van der Waals surface area contributed by atoms with Crippen LogP contribution in [0.5, 0.6) is 5.75 Å². The number of benzene rings is 1. The monoisotopic (exact) mass is 299 g/mol. The van der Waals surface area contributed by atoms with Gasteiger partial charge in [-0.15, -0.1) is 0 Å². The first-order chi connectivity index (χ1) is 9.31. The highest BCUT2D eigenvalue weighted by atomic mass is 35.5. The number of carbonyl (C=O) groups excluding carboxylic acids is 1. The van der Waals surface area contributed by atoms with Gasteiger partial charge < -0.3 is 15.2 Å². The summed E-state index contributed by atoms with van der Waals surface area (Å²) in [5.74, 6) is -1.02. The van der Waals surface area contributed by atoms with E-state index in [9.17, 15) is 9.59 Å². The minimum absolute atomic E-state index is 0.0297. The molecule has 0 saturated carbocycles. The van der Waals surface area contributed by atoms with Crippen molar-refractivity contribution in [2.75, 3.05) is 6.54 Å². The maximum atomic E-state index is 11.8. The van der Waals surface area contributed by atoms with Crippen LogP contribution in [0.15, 0.2) is 18.2 Å². The summed E-state index contributed by atoms with van der Waals surface area (Å²) in [4.78, 5) is 22.9. The van der Waals surface area contributed by atoms with Crippen molar-refractivity contribution in [2.45, 2.75) is 26.9 Å². The fourth-order valence-electron chi connectivity index (χ4n) is 1.46. The Bertz CT molecular complexity index is 502. The number of carboxylic acids is 1. The number of hydrogen-bond donors (Lipinski definition) is 2. The van der Waals surface area contributed by atoms with Crippen LogP contribution < -0.4 is 10.1 Å². The van der Waals surface area contributed by atoms with Crippen LogP contribution in [0, 0.1) is 5.92 Å². The first kappa shape index (κ1) is 16.3. The van der Waals surface area contributed by atoms with Gasteiger partial charge in [-0.05, 0) is 31.0 Å². The van der Waals surface area contributed by atoms with Gasteiger partial charge in [-0.3, -0.25) is 4.79 Å². The number of ether oxygens (including phenoxy) is 1. The van der Waals surface area contributed by atoms with E-state index < -0.39 is 12.1 Å². The van der Waals surface area contributed by atoms with Gasteiger partial charge in [-0.25, -0.2) is 4.79 Å². The molecule has 1 unspecified atom stereocenters. The Balaban J connectivity index is 2.79. The zero-order valence-electron chi connectivity index (χ0n) is 11.6. The Hall–Kier alpha value is -1.75. The number of carboxylic acid groups (broad SMARTS) is 1. The molecule has 0 aliphatic carbocycles. The Kier molecular flexibility index (Phi) is 5.82. The highest BCUT2D eigenvalue weighted by Crippen LogP contribution is 2.24. The second-order valence-electron chi connectivity index (χ2n) is 4.84. The first-order valence-electron chi connectivity index (χ1n) is 6.28. The molecule has 1 amide bonds.